The van der Waals surface area contributed by atoms with Crippen molar-refractivity contribution < 1.29 is 19.1 Å². The van der Waals surface area contributed by atoms with E-state index in [2.05, 4.69) is 17.2 Å². The third kappa shape index (κ3) is 6.68. The van der Waals surface area contributed by atoms with Crippen LogP contribution in [0.1, 0.15) is 41.6 Å². The molecule has 0 spiro atoms. The lowest BCUT2D eigenvalue weighted by Gasteiger charge is -2.22. The smallest absolute Gasteiger partial charge is 0.251 e. The van der Waals surface area contributed by atoms with Crippen LogP contribution in [0, 0.1) is 0 Å². The molecular weight excluding hydrogens is 320 g/mol. The van der Waals surface area contributed by atoms with E-state index in [9.17, 15) is 9.59 Å². The van der Waals surface area contributed by atoms with Gasteiger partial charge in [0.25, 0.3) is 5.91 Å². The predicted octanol–water partition coefficient (Wildman–Crippen LogP) is 2.15. The fraction of sp³-hybridized carbons (Fsp3) is 0.474. The van der Waals surface area contributed by atoms with Gasteiger partial charge in [-0.3, -0.25) is 9.59 Å². The summed E-state index contributed by atoms with van der Waals surface area (Å²) >= 11 is 0. The maximum atomic E-state index is 12.3. The number of carbonyl (C=O) groups excluding carboxylic acids is 2. The van der Waals surface area contributed by atoms with Gasteiger partial charge in [-0.25, -0.2) is 0 Å². The lowest BCUT2D eigenvalue weighted by molar-refractivity contribution is -0.162. The predicted molar refractivity (Wildman–Crippen MR) is 95.0 cm³/mol. The molecule has 1 aliphatic rings. The highest BCUT2D eigenvalue weighted by molar-refractivity contribution is 5.95. The average molecular weight is 346 g/mol. The van der Waals surface area contributed by atoms with Gasteiger partial charge < -0.3 is 20.1 Å². The summed E-state index contributed by atoms with van der Waals surface area (Å²) in [6.07, 6.45) is 5.01. The normalized spacial score (nSPS) is 16.9. The van der Waals surface area contributed by atoms with Crippen molar-refractivity contribution in [2.45, 2.75) is 38.5 Å². The molecule has 1 aromatic carbocycles. The second-order valence-corrected chi connectivity index (χ2v) is 5.86. The van der Waals surface area contributed by atoms with Crippen LogP contribution in [-0.4, -0.2) is 37.9 Å². The molecule has 25 heavy (non-hydrogen) atoms. The fourth-order valence-corrected chi connectivity index (χ4v) is 2.58. The van der Waals surface area contributed by atoms with Gasteiger partial charge in [0.05, 0.1) is 6.61 Å². The van der Waals surface area contributed by atoms with Crippen molar-refractivity contribution in [3.8, 4) is 0 Å². The van der Waals surface area contributed by atoms with E-state index in [1.165, 1.54) is 6.08 Å². The zero-order chi connectivity index (χ0) is 17.9. The van der Waals surface area contributed by atoms with Crippen LogP contribution >= 0.6 is 0 Å². The number of nitrogens with one attached hydrogen (secondary N) is 2. The first-order chi connectivity index (χ1) is 12.2. The maximum absolute atomic E-state index is 12.3. The minimum atomic E-state index is -0.266. The highest BCUT2D eigenvalue weighted by Crippen LogP contribution is 2.13. The molecule has 6 nitrogen and oxygen atoms in total. The summed E-state index contributed by atoms with van der Waals surface area (Å²) in [5.41, 5.74) is 1.32. The zero-order valence-electron chi connectivity index (χ0n) is 14.5. The molecular formula is C19H26N2O4. The summed E-state index contributed by atoms with van der Waals surface area (Å²) in [4.78, 5) is 23.6. The second kappa shape index (κ2) is 10.6. The van der Waals surface area contributed by atoms with Crippen molar-refractivity contribution in [2.24, 2.45) is 0 Å². The monoisotopic (exact) mass is 346 g/mol. The summed E-state index contributed by atoms with van der Waals surface area (Å²) in [5.74, 6) is -0.422. The van der Waals surface area contributed by atoms with E-state index in [1.54, 1.807) is 12.1 Å². The molecule has 136 valence electrons. The van der Waals surface area contributed by atoms with Gasteiger partial charge in [0.1, 0.15) is 0 Å². The number of carbonyl (C=O) groups is 2. The minimum Gasteiger partial charge on any atom is -0.353 e. The minimum absolute atomic E-state index is 0.0985. The van der Waals surface area contributed by atoms with Crippen molar-refractivity contribution in [2.75, 3.05) is 19.8 Å². The molecule has 0 aliphatic carbocycles. The second-order valence-electron chi connectivity index (χ2n) is 5.86. The van der Waals surface area contributed by atoms with Crippen LogP contribution in [0.25, 0.3) is 0 Å². The van der Waals surface area contributed by atoms with Gasteiger partial charge in [-0.2, -0.15) is 0 Å². The van der Waals surface area contributed by atoms with Gasteiger partial charge in [0.15, 0.2) is 6.29 Å². The molecule has 2 rings (SSSR count). The molecule has 1 saturated heterocycles. The van der Waals surface area contributed by atoms with Crippen LogP contribution in [0.5, 0.6) is 0 Å². The Bertz CT molecular complexity index is 583. The topological polar surface area (TPSA) is 76.7 Å². The van der Waals surface area contributed by atoms with E-state index in [1.807, 2.05) is 12.1 Å². The van der Waals surface area contributed by atoms with Crippen molar-refractivity contribution >= 4 is 11.8 Å². The Hall–Kier alpha value is -2.18. The van der Waals surface area contributed by atoms with Crippen molar-refractivity contribution in [3.05, 3.63) is 48.0 Å². The summed E-state index contributed by atoms with van der Waals surface area (Å²) in [6, 6.07) is 7.21. The molecule has 1 heterocycles. The van der Waals surface area contributed by atoms with E-state index in [4.69, 9.17) is 9.47 Å². The highest BCUT2D eigenvalue weighted by atomic mass is 16.7. The van der Waals surface area contributed by atoms with Gasteiger partial charge >= 0.3 is 0 Å². The third-order valence-corrected chi connectivity index (χ3v) is 3.95. The van der Waals surface area contributed by atoms with E-state index < -0.39 is 0 Å². The van der Waals surface area contributed by atoms with Gasteiger partial charge in [-0.15, -0.1) is 0 Å². The van der Waals surface area contributed by atoms with E-state index in [-0.39, 0.29) is 24.6 Å². The van der Waals surface area contributed by atoms with Crippen molar-refractivity contribution in [1.82, 2.24) is 10.6 Å². The Balaban J connectivity index is 1.72. The lowest BCUT2D eigenvalue weighted by atomic mass is 10.1. The molecule has 1 aliphatic heterocycles. The summed E-state index contributed by atoms with van der Waals surface area (Å²) < 4.78 is 11.1. The molecule has 1 unspecified atom stereocenters. The van der Waals surface area contributed by atoms with Gasteiger partial charge in [0.2, 0.25) is 5.91 Å². The Morgan fingerprint density at radius 2 is 2.12 bits per heavy atom. The van der Waals surface area contributed by atoms with Crippen LogP contribution in [-0.2, 0) is 20.8 Å². The Morgan fingerprint density at radius 3 is 2.88 bits per heavy atom. The molecule has 0 radical (unpaired) electrons. The molecule has 1 aromatic rings. The van der Waals surface area contributed by atoms with Crippen LogP contribution in [0.4, 0.5) is 0 Å². The molecule has 0 saturated carbocycles. The largest absolute Gasteiger partial charge is 0.353 e. The summed E-state index contributed by atoms with van der Waals surface area (Å²) in [5, 5.41) is 5.57. The standard InChI is InChI=1S/C19H26N2O4/c1-2-17(22)21-14-15-8-3-4-9-16(15)19(23)20-11-7-13-25-18-10-5-6-12-24-18/h2-4,8-9,18H,1,5-7,10-14H2,(H,20,23)(H,21,22). The molecule has 1 fully saturated rings. The molecule has 2 N–H and O–H groups in total. The zero-order valence-corrected chi connectivity index (χ0v) is 14.5. The van der Waals surface area contributed by atoms with Gasteiger partial charge in [-0.1, -0.05) is 24.8 Å². The number of rotatable bonds is 9. The lowest BCUT2D eigenvalue weighted by Crippen LogP contribution is -2.29. The Kier molecular flexibility index (Phi) is 8.15. The number of benzene rings is 1. The number of hydrogen-bond acceptors (Lipinski definition) is 4. The number of ether oxygens (including phenoxy) is 2. The summed E-state index contributed by atoms with van der Waals surface area (Å²) in [6.45, 7) is 5.55. The first kappa shape index (κ1) is 19.1. The molecule has 0 aromatic heterocycles. The van der Waals surface area contributed by atoms with E-state index >= 15 is 0 Å². The Labute approximate surface area is 148 Å². The van der Waals surface area contributed by atoms with Crippen LogP contribution in [0.15, 0.2) is 36.9 Å². The van der Waals surface area contributed by atoms with E-state index in [0.717, 1.165) is 37.9 Å². The quantitative estimate of drug-likeness (QED) is 0.531. The van der Waals surface area contributed by atoms with Crippen molar-refractivity contribution in [3.63, 3.8) is 0 Å². The molecule has 1 atom stereocenters. The van der Waals surface area contributed by atoms with Gasteiger partial charge in [0, 0.05) is 25.3 Å². The Morgan fingerprint density at radius 1 is 1.28 bits per heavy atom. The number of hydrogen-bond donors (Lipinski definition) is 2. The van der Waals surface area contributed by atoms with Crippen LogP contribution in [0.2, 0.25) is 0 Å². The first-order valence-corrected chi connectivity index (χ1v) is 8.70. The highest BCUT2D eigenvalue weighted by Gasteiger charge is 2.14. The first-order valence-electron chi connectivity index (χ1n) is 8.70. The average Bonchev–Trinajstić information content (AvgIpc) is 2.66. The molecule has 0 bridgehead atoms. The molecule has 6 heteroatoms. The SMILES string of the molecule is C=CC(=O)NCc1ccccc1C(=O)NCCCOC1CCCCO1. The molecule has 2 amide bonds. The summed E-state index contributed by atoms with van der Waals surface area (Å²) in [7, 11) is 0. The van der Waals surface area contributed by atoms with Crippen LogP contribution in [0.3, 0.4) is 0 Å². The maximum Gasteiger partial charge on any atom is 0.251 e. The van der Waals surface area contributed by atoms with E-state index in [0.29, 0.717) is 18.7 Å². The van der Waals surface area contributed by atoms with Gasteiger partial charge in [-0.05, 0) is 43.4 Å². The van der Waals surface area contributed by atoms with Crippen molar-refractivity contribution in [1.29, 1.82) is 0 Å². The number of amides is 2. The fourth-order valence-electron chi connectivity index (χ4n) is 2.58. The van der Waals surface area contributed by atoms with Crippen LogP contribution < -0.4 is 10.6 Å². The third-order valence-electron chi connectivity index (χ3n) is 3.95.